The van der Waals surface area contributed by atoms with Gasteiger partial charge in [0.05, 0.1) is 24.3 Å². The molecule has 38 heavy (non-hydrogen) atoms. The molecule has 1 aromatic rings. The number of para-hydroxylation sites is 1. The molecule has 188 valence electrons. The number of carboxylic acids is 2. The van der Waals surface area contributed by atoms with Crippen LogP contribution in [0.15, 0.2) is 41.7 Å². The zero-order chi connectivity index (χ0) is 25.1. The van der Waals surface area contributed by atoms with Crippen LogP contribution in [-0.4, -0.2) is 23.4 Å². The summed E-state index contributed by atoms with van der Waals surface area (Å²) in [5.74, 6) is -0.00857. The molecule has 0 saturated heterocycles. The summed E-state index contributed by atoms with van der Waals surface area (Å²) in [4.78, 5) is 39.4. The number of rotatable bonds is 8. The van der Waals surface area contributed by atoms with Gasteiger partial charge >= 0.3 is 118 Å². The molecule has 15 heteroatoms. The monoisotopic (exact) mass is 604 g/mol. The van der Waals surface area contributed by atoms with E-state index in [9.17, 15) is 34.2 Å². The maximum atomic E-state index is 10.9. The largest absolute Gasteiger partial charge is 1.00 e. The van der Waals surface area contributed by atoms with Gasteiger partial charge in [-0.1, -0.05) is 18.2 Å². The van der Waals surface area contributed by atoms with Crippen LogP contribution in [0.4, 0.5) is 0 Å². The minimum absolute atomic E-state index is 0. The van der Waals surface area contributed by atoms with Crippen molar-refractivity contribution in [1.82, 2.24) is 0 Å². The van der Waals surface area contributed by atoms with E-state index in [1.165, 1.54) is 49.8 Å². The summed E-state index contributed by atoms with van der Waals surface area (Å²) in [6.45, 7) is 1.82. The van der Waals surface area contributed by atoms with Crippen molar-refractivity contribution in [2.45, 2.75) is 50.3 Å². The number of aliphatic carboxylic acids is 2. The molecule has 0 unspecified atom stereocenters. The molecule has 0 aromatic heterocycles. The number of phosphoric acid groups is 1. The number of carbonyl (C=O) groups excluding carboxylic acids is 2. The molecule has 1 aromatic carbocycles. The van der Waals surface area contributed by atoms with Crippen LogP contribution in [0.25, 0.3) is 0 Å². The molecule has 4 aliphatic rings. The number of ether oxygens (including phenoxy) is 1. The van der Waals surface area contributed by atoms with Crippen molar-refractivity contribution in [2.75, 3.05) is 6.61 Å². The third-order valence-corrected chi connectivity index (χ3v) is 7.73. The van der Waals surface area contributed by atoms with Gasteiger partial charge in [0.1, 0.15) is 18.4 Å². The summed E-state index contributed by atoms with van der Waals surface area (Å²) in [6.07, 6.45) is 5.87. The molecule has 0 atom stereocenters. The average molecular weight is 605 g/mol. The molecule has 5 rings (SSSR count). The van der Waals surface area contributed by atoms with Crippen LogP contribution in [-0.2, 0) is 18.9 Å². The number of carboxylic acid groups (broad SMARTS) is 2. The molecular weight excluding hydrogens is 579 g/mol. The normalized spacial score (nSPS) is 22.6. The fourth-order valence-electron chi connectivity index (χ4n) is 5.59. The van der Waals surface area contributed by atoms with Crippen LogP contribution in [0.5, 0.6) is 5.75 Å². The second-order valence-electron chi connectivity index (χ2n) is 9.14. The second-order valence-corrected chi connectivity index (χ2v) is 10.9. The minimum Gasteiger partial charge on any atom is -0.780 e. The van der Waals surface area contributed by atoms with Crippen molar-refractivity contribution in [2.24, 2.45) is 23.7 Å². The van der Waals surface area contributed by atoms with E-state index in [1.54, 1.807) is 18.2 Å². The van der Waals surface area contributed by atoms with E-state index in [4.69, 9.17) is 16.3 Å². The third kappa shape index (κ3) is 11.9. The van der Waals surface area contributed by atoms with Crippen LogP contribution in [0.2, 0.25) is 0 Å². The summed E-state index contributed by atoms with van der Waals surface area (Å²) < 4.78 is 19.8. The summed E-state index contributed by atoms with van der Waals surface area (Å²) in [6, 6.07) is 7.62. The van der Waals surface area contributed by atoms with E-state index in [0.29, 0.717) is 11.8 Å². The fraction of sp³-hybridized carbons (Fsp3) is 0.565. The van der Waals surface area contributed by atoms with Crippen molar-refractivity contribution >= 4 is 31.4 Å². The molecule has 0 radical (unpaired) electrons. The first-order valence-corrected chi connectivity index (χ1v) is 12.9. The Morgan fingerprint density at radius 3 is 1.76 bits per heavy atom. The van der Waals surface area contributed by atoms with Gasteiger partial charge < -0.3 is 43.4 Å². The standard InChI is InChI=1S/C17H23ClO5.C6H7O4P.4Na/c1-9(23-3-2-17(18,15(19)20)16(21)22)14-12-5-10-4-11(7-12)8-13(14)6-10;7-11(8,9)10-6-4-2-1-3-5-6;;;;/h10-13H,2-8H2,1H3,(H,19,20)(H,21,22);1-5H,(H2,7,8,9);;;;/q;;4*+1/p-4. The van der Waals surface area contributed by atoms with Crippen molar-refractivity contribution in [3.05, 3.63) is 41.7 Å². The van der Waals surface area contributed by atoms with E-state index in [-0.39, 0.29) is 137 Å². The molecule has 0 spiro atoms. The second kappa shape index (κ2) is 18.6. The van der Waals surface area contributed by atoms with E-state index < -0.39 is 24.6 Å². The van der Waals surface area contributed by atoms with Crippen LogP contribution in [0.3, 0.4) is 0 Å². The van der Waals surface area contributed by atoms with Gasteiger partial charge in [-0.15, -0.1) is 11.6 Å². The number of hydrogen-bond acceptors (Lipinski definition) is 9. The number of allylic oxidation sites excluding steroid dienone is 2. The molecular formula is C23H26ClNa4O9P. The first-order chi connectivity index (χ1) is 15.9. The van der Waals surface area contributed by atoms with Crippen molar-refractivity contribution < 1.29 is 162 Å². The molecule has 0 amide bonds. The van der Waals surface area contributed by atoms with Crippen molar-refractivity contribution in [1.29, 1.82) is 0 Å². The van der Waals surface area contributed by atoms with Crippen LogP contribution in [0, 0.1) is 23.7 Å². The Labute approximate surface area is 316 Å². The molecule has 0 heterocycles. The molecule has 9 nitrogen and oxygen atoms in total. The van der Waals surface area contributed by atoms with Gasteiger partial charge in [-0.2, -0.15) is 0 Å². The number of alkyl halides is 1. The predicted molar refractivity (Wildman–Crippen MR) is 114 cm³/mol. The van der Waals surface area contributed by atoms with Crippen LogP contribution >= 0.6 is 19.4 Å². The maximum absolute atomic E-state index is 10.9. The Balaban J connectivity index is 0. The van der Waals surface area contributed by atoms with Gasteiger partial charge in [-0.05, 0) is 80.4 Å². The first-order valence-electron chi connectivity index (χ1n) is 11.1. The van der Waals surface area contributed by atoms with Gasteiger partial charge in [0, 0.05) is 6.42 Å². The summed E-state index contributed by atoms with van der Waals surface area (Å²) >= 11 is 5.58. The maximum Gasteiger partial charge on any atom is 1.00 e. The van der Waals surface area contributed by atoms with E-state index in [0.717, 1.165) is 17.6 Å². The number of benzene rings is 1. The van der Waals surface area contributed by atoms with Crippen LogP contribution < -0.4 is 143 Å². The number of halogens is 1. The van der Waals surface area contributed by atoms with Gasteiger partial charge in [-0.3, -0.25) is 0 Å². The van der Waals surface area contributed by atoms with Gasteiger partial charge in [0.25, 0.3) is 0 Å². The Morgan fingerprint density at radius 2 is 1.37 bits per heavy atom. The van der Waals surface area contributed by atoms with E-state index >= 15 is 0 Å². The zero-order valence-electron chi connectivity index (χ0n) is 22.6. The Bertz CT molecular complexity index is 946. The fourth-order valence-corrected chi connectivity index (χ4v) is 6.05. The van der Waals surface area contributed by atoms with Crippen molar-refractivity contribution in [3.8, 4) is 5.75 Å². The number of carbonyl (C=O) groups is 2. The summed E-state index contributed by atoms with van der Waals surface area (Å²) in [7, 11) is -4.89. The molecule has 4 fully saturated rings. The Hall–Kier alpha value is 1.94. The predicted octanol–water partition coefficient (Wildman–Crippen LogP) is -11.5. The quantitative estimate of drug-likeness (QED) is 0.0922. The first kappa shape index (κ1) is 42.1. The topological polar surface area (TPSA) is 162 Å². The molecule has 4 bridgehead atoms. The Kier molecular flexibility index (Phi) is 20.6. The average Bonchev–Trinajstić information content (AvgIpc) is 2.72. The smallest absolute Gasteiger partial charge is 0.780 e. The van der Waals surface area contributed by atoms with E-state index in [1.807, 2.05) is 6.92 Å². The van der Waals surface area contributed by atoms with Crippen molar-refractivity contribution in [3.63, 3.8) is 0 Å². The van der Waals surface area contributed by atoms with Gasteiger partial charge in [-0.25, -0.2) is 0 Å². The summed E-state index contributed by atoms with van der Waals surface area (Å²) in [5, 5.41) is 21.8. The summed E-state index contributed by atoms with van der Waals surface area (Å²) in [5.41, 5.74) is 1.36. The Morgan fingerprint density at radius 1 is 0.921 bits per heavy atom. The van der Waals surface area contributed by atoms with Gasteiger partial charge in [0.2, 0.25) is 0 Å². The third-order valence-electron chi connectivity index (χ3n) is 6.80. The zero-order valence-corrected chi connectivity index (χ0v) is 32.3. The number of phosphoric ester groups is 1. The SMILES string of the molecule is CC(OCCC(Cl)(C(=O)[O-])C(=O)[O-])=C1C2CC3CC(C2)CC1C3.O=P([O-])([O-])Oc1ccccc1.[Na+].[Na+].[Na+].[Na+]. The number of hydrogen-bond donors (Lipinski definition) is 0. The molecule has 0 aliphatic heterocycles. The van der Waals surface area contributed by atoms with Crippen LogP contribution in [0.1, 0.15) is 45.4 Å². The molecule has 4 saturated carbocycles. The van der Waals surface area contributed by atoms with E-state index in [2.05, 4.69) is 4.52 Å². The van der Waals surface area contributed by atoms with Gasteiger partial charge in [0.15, 0.2) is 0 Å². The molecule has 4 aliphatic carbocycles. The molecule has 0 N–H and O–H groups in total. The minimum atomic E-state index is -4.89.